The van der Waals surface area contributed by atoms with Crippen molar-refractivity contribution in [1.82, 2.24) is 10.3 Å². The Morgan fingerprint density at radius 2 is 1.95 bits per heavy atom. The van der Waals surface area contributed by atoms with E-state index in [-0.39, 0.29) is 18.4 Å². The molecule has 5 heteroatoms. The Kier molecular flexibility index (Phi) is 5.04. The molecule has 0 fully saturated rings. The average Bonchev–Trinajstić information content (AvgIpc) is 2.54. The van der Waals surface area contributed by atoms with E-state index < -0.39 is 0 Å². The van der Waals surface area contributed by atoms with Gasteiger partial charge in [-0.3, -0.25) is 14.6 Å². The van der Waals surface area contributed by atoms with E-state index in [0.29, 0.717) is 5.56 Å². The van der Waals surface area contributed by atoms with E-state index in [4.69, 9.17) is 0 Å². The molecule has 0 unspecified atom stereocenters. The Labute approximate surface area is 123 Å². The minimum absolute atomic E-state index is 0.0776. The fourth-order valence-corrected chi connectivity index (χ4v) is 1.90. The first kappa shape index (κ1) is 14.7. The summed E-state index contributed by atoms with van der Waals surface area (Å²) in [4.78, 5) is 27.5. The molecule has 0 spiro atoms. The van der Waals surface area contributed by atoms with Crippen LogP contribution >= 0.6 is 0 Å². The van der Waals surface area contributed by atoms with Crippen molar-refractivity contribution in [3.05, 3.63) is 59.9 Å². The summed E-state index contributed by atoms with van der Waals surface area (Å²) in [5.74, 6) is -0.574. The Morgan fingerprint density at radius 3 is 2.67 bits per heavy atom. The van der Waals surface area contributed by atoms with Gasteiger partial charge in [-0.05, 0) is 30.2 Å². The smallest absolute Gasteiger partial charge is 0.253 e. The van der Waals surface area contributed by atoms with E-state index in [1.807, 2.05) is 31.2 Å². The molecular weight excluding hydrogens is 266 g/mol. The van der Waals surface area contributed by atoms with Crippen LogP contribution in [0.4, 0.5) is 5.69 Å². The SMILES string of the molecule is CCc1ccccc1NC(=O)CNC(=O)c1cccnc1. The summed E-state index contributed by atoms with van der Waals surface area (Å²) in [6.45, 7) is 1.95. The number of benzene rings is 1. The molecule has 0 atom stereocenters. The van der Waals surface area contributed by atoms with Crippen LogP contribution in [0.2, 0.25) is 0 Å². The standard InChI is InChI=1S/C16H17N3O2/c1-2-12-6-3-4-8-14(12)19-15(20)11-18-16(21)13-7-5-9-17-10-13/h3-10H,2,11H2,1H3,(H,18,21)(H,19,20). The summed E-state index contributed by atoms with van der Waals surface area (Å²) in [6, 6.07) is 10.9. The number of hydrogen-bond donors (Lipinski definition) is 2. The van der Waals surface area contributed by atoms with Gasteiger partial charge < -0.3 is 10.6 Å². The van der Waals surface area contributed by atoms with Crippen molar-refractivity contribution in [3.63, 3.8) is 0 Å². The second-order valence-electron chi connectivity index (χ2n) is 4.48. The van der Waals surface area contributed by atoms with Gasteiger partial charge in [-0.15, -0.1) is 0 Å². The van der Waals surface area contributed by atoms with Gasteiger partial charge in [0.05, 0.1) is 12.1 Å². The zero-order chi connectivity index (χ0) is 15.1. The molecule has 2 N–H and O–H groups in total. The zero-order valence-electron chi connectivity index (χ0n) is 11.8. The van der Waals surface area contributed by atoms with Gasteiger partial charge in [-0.2, -0.15) is 0 Å². The predicted molar refractivity (Wildman–Crippen MR) is 81.0 cm³/mol. The van der Waals surface area contributed by atoms with Gasteiger partial charge in [0.25, 0.3) is 5.91 Å². The Balaban J connectivity index is 1.89. The van der Waals surface area contributed by atoms with Crippen molar-refractivity contribution < 1.29 is 9.59 Å². The summed E-state index contributed by atoms with van der Waals surface area (Å²) >= 11 is 0. The third-order valence-corrected chi connectivity index (χ3v) is 3.01. The number of aromatic nitrogens is 1. The summed E-state index contributed by atoms with van der Waals surface area (Å²) < 4.78 is 0. The fraction of sp³-hybridized carbons (Fsp3) is 0.188. The first-order valence-corrected chi connectivity index (χ1v) is 6.76. The lowest BCUT2D eigenvalue weighted by Gasteiger charge is -2.10. The molecule has 0 aliphatic heterocycles. The molecule has 0 aliphatic rings. The number of amides is 2. The van der Waals surface area contributed by atoms with Gasteiger partial charge in [0.15, 0.2) is 0 Å². The molecule has 1 aromatic heterocycles. The molecule has 1 heterocycles. The first-order chi connectivity index (χ1) is 10.2. The number of para-hydroxylation sites is 1. The maximum Gasteiger partial charge on any atom is 0.253 e. The minimum Gasteiger partial charge on any atom is -0.343 e. The maximum atomic E-state index is 11.9. The third-order valence-electron chi connectivity index (χ3n) is 3.01. The Bertz CT molecular complexity index is 626. The maximum absolute atomic E-state index is 11.9. The second kappa shape index (κ2) is 7.19. The van der Waals surface area contributed by atoms with Crippen LogP contribution in [-0.2, 0) is 11.2 Å². The fourth-order valence-electron chi connectivity index (χ4n) is 1.90. The first-order valence-electron chi connectivity index (χ1n) is 6.76. The molecule has 5 nitrogen and oxygen atoms in total. The molecule has 2 aromatic rings. The monoisotopic (exact) mass is 283 g/mol. The normalized spacial score (nSPS) is 9.95. The number of nitrogens with zero attached hydrogens (tertiary/aromatic N) is 1. The van der Waals surface area contributed by atoms with Crippen LogP contribution in [0.5, 0.6) is 0 Å². The number of nitrogens with one attached hydrogen (secondary N) is 2. The number of aryl methyl sites for hydroxylation is 1. The van der Waals surface area contributed by atoms with Crippen molar-refractivity contribution in [2.45, 2.75) is 13.3 Å². The van der Waals surface area contributed by atoms with E-state index in [2.05, 4.69) is 15.6 Å². The van der Waals surface area contributed by atoms with Crippen LogP contribution < -0.4 is 10.6 Å². The summed E-state index contributed by atoms with van der Waals surface area (Å²) in [5.41, 5.74) is 2.27. The minimum atomic E-state index is -0.318. The van der Waals surface area contributed by atoms with Crippen LogP contribution in [0.25, 0.3) is 0 Å². The number of hydrogen-bond acceptors (Lipinski definition) is 3. The van der Waals surface area contributed by atoms with Crippen molar-refractivity contribution in [1.29, 1.82) is 0 Å². The average molecular weight is 283 g/mol. The molecule has 21 heavy (non-hydrogen) atoms. The molecule has 2 rings (SSSR count). The lowest BCUT2D eigenvalue weighted by molar-refractivity contribution is -0.115. The molecule has 0 saturated heterocycles. The topological polar surface area (TPSA) is 71.1 Å². The van der Waals surface area contributed by atoms with Crippen LogP contribution in [0.1, 0.15) is 22.8 Å². The zero-order valence-corrected chi connectivity index (χ0v) is 11.8. The molecule has 0 aliphatic carbocycles. The highest BCUT2D eigenvalue weighted by Crippen LogP contribution is 2.14. The van der Waals surface area contributed by atoms with Crippen molar-refractivity contribution in [3.8, 4) is 0 Å². The van der Waals surface area contributed by atoms with Crippen molar-refractivity contribution in [2.75, 3.05) is 11.9 Å². The molecule has 0 saturated carbocycles. The van der Waals surface area contributed by atoms with Gasteiger partial charge in [-0.25, -0.2) is 0 Å². The highest BCUT2D eigenvalue weighted by atomic mass is 16.2. The van der Waals surface area contributed by atoms with E-state index in [9.17, 15) is 9.59 Å². The van der Waals surface area contributed by atoms with Crippen LogP contribution in [0, 0.1) is 0 Å². The number of carbonyl (C=O) groups excluding carboxylic acids is 2. The molecule has 1 aromatic carbocycles. The van der Waals surface area contributed by atoms with Gasteiger partial charge >= 0.3 is 0 Å². The van der Waals surface area contributed by atoms with Gasteiger partial charge in [0.2, 0.25) is 5.91 Å². The van der Waals surface area contributed by atoms with Gasteiger partial charge in [0, 0.05) is 18.1 Å². The van der Waals surface area contributed by atoms with E-state index in [1.165, 1.54) is 6.20 Å². The van der Waals surface area contributed by atoms with E-state index in [1.54, 1.807) is 18.3 Å². The largest absolute Gasteiger partial charge is 0.343 e. The molecule has 0 bridgehead atoms. The van der Waals surface area contributed by atoms with Crippen LogP contribution in [0.15, 0.2) is 48.8 Å². The van der Waals surface area contributed by atoms with Crippen molar-refractivity contribution in [2.24, 2.45) is 0 Å². The lowest BCUT2D eigenvalue weighted by Crippen LogP contribution is -2.33. The summed E-state index contributed by atoms with van der Waals surface area (Å²) in [7, 11) is 0. The third kappa shape index (κ3) is 4.14. The molecule has 0 radical (unpaired) electrons. The number of carbonyl (C=O) groups is 2. The lowest BCUT2D eigenvalue weighted by atomic mass is 10.1. The van der Waals surface area contributed by atoms with Gasteiger partial charge in [-0.1, -0.05) is 25.1 Å². The Hall–Kier alpha value is -2.69. The van der Waals surface area contributed by atoms with Crippen LogP contribution in [-0.4, -0.2) is 23.3 Å². The summed E-state index contributed by atoms with van der Waals surface area (Å²) in [5, 5.41) is 5.36. The quantitative estimate of drug-likeness (QED) is 0.881. The van der Waals surface area contributed by atoms with E-state index >= 15 is 0 Å². The number of pyridine rings is 1. The van der Waals surface area contributed by atoms with Crippen LogP contribution in [0.3, 0.4) is 0 Å². The Morgan fingerprint density at radius 1 is 1.14 bits per heavy atom. The van der Waals surface area contributed by atoms with E-state index in [0.717, 1.165) is 17.7 Å². The number of anilines is 1. The highest BCUT2D eigenvalue weighted by Gasteiger charge is 2.09. The second-order valence-corrected chi connectivity index (χ2v) is 4.48. The molecule has 108 valence electrons. The predicted octanol–water partition coefficient (Wildman–Crippen LogP) is 2.01. The molecular formula is C16H17N3O2. The van der Waals surface area contributed by atoms with Crippen molar-refractivity contribution >= 4 is 17.5 Å². The number of rotatable bonds is 5. The highest BCUT2D eigenvalue weighted by molar-refractivity contribution is 5.99. The van der Waals surface area contributed by atoms with Gasteiger partial charge in [0.1, 0.15) is 0 Å². The summed E-state index contributed by atoms with van der Waals surface area (Å²) in [6.07, 6.45) is 3.88. The molecule has 2 amide bonds.